The highest BCUT2D eigenvalue weighted by Gasteiger charge is 2.31. The van der Waals surface area contributed by atoms with Crippen LogP contribution in [0.15, 0.2) is 36.0 Å². The van der Waals surface area contributed by atoms with E-state index in [1.54, 1.807) is 28.6 Å². The Balaban J connectivity index is 1.15. The van der Waals surface area contributed by atoms with E-state index in [9.17, 15) is 14.4 Å². The molecule has 0 radical (unpaired) electrons. The van der Waals surface area contributed by atoms with Crippen LogP contribution in [0.25, 0.3) is 10.7 Å². The van der Waals surface area contributed by atoms with Crippen molar-refractivity contribution in [3.63, 3.8) is 0 Å². The third-order valence-electron chi connectivity index (χ3n) is 6.77. The van der Waals surface area contributed by atoms with Crippen LogP contribution in [0.2, 0.25) is 0 Å². The van der Waals surface area contributed by atoms with E-state index >= 15 is 0 Å². The topological polar surface area (TPSA) is 141 Å². The number of nitrogens with one attached hydrogen (secondary N) is 2. The number of hydrogen-bond acceptors (Lipinski definition) is 9. The van der Waals surface area contributed by atoms with E-state index < -0.39 is 11.7 Å². The van der Waals surface area contributed by atoms with Crippen molar-refractivity contribution in [2.24, 2.45) is 5.92 Å². The third-order valence-corrected chi connectivity index (χ3v) is 7.64. The Morgan fingerprint density at radius 2 is 1.95 bits per heavy atom. The van der Waals surface area contributed by atoms with Crippen LogP contribution >= 0.6 is 11.3 Å². The van der Waals surface area contributed by atoms with E-state index in [4.69, 9.17) is 9.47 Å². The van der Waals surface area contributed by atoms with Crippen molar-refractivity contribution in [2.75, 3.05) is 30.3 Å². The lowest BCUT2D eigenvalue weighted by molar-refractivity contribution is -0.121. The minimum absolute atomic E-state index is 0.125. The highest BCUT2D eigenvalue weighted by Crippen LogP contribution is 2.30. The molecule has 2 aliphatic heterocycles. The highest BCUT2D eigenvalue weighted by molar-refractivity contribution is 7.13. The third kappa shape index (κ3) is 7.27. The summed E-state index contributed by atoms with van der Waals surface area (Å²) in [6, 6.07) is 5.16. The van der Waals surface area contributed by atoms with Gasteiger partial charge in [0.2, 0.25) is 5.91 Å². The second kappa shape index (κ2) is 12.4. The number of rotatable bonds is 6. The Bertz CT molecular complexity index is 1370. The number of anilines is 2. The first-order valence-electron chi connectivity index (χ1n) is 13.8. The van der Waals surface area contributed by atoms with Crippen LogP contribution in [-0.4, -0.2) is 67.9 Å². The Morgan fingerprint density at radius 1 is 1.10 bits per heavy atom. The quantitative estimate of drug-likeness (QED) is 0.417. The van der Waals surface area contributed by atoms with E-state index in [2.05, 4.69) is 25.7 Å². The van der Waals surface area contributed by atoms with Crippen molar-refractivity contribution in [3.05, 3.63) is 41.7 Å². The molecule has 3 aromatic rings. The summed E-state index contributed by atoms with van der Waals surface area (Å²) in [5.74, 6) is -0.599. The van der Waals surface area contributed by atoms with Crippen molar-refractivity contribution < 1.29 is 23.9 Å². The van der Waals surface area contributed by atoms with Crippen LogP contribution < -0.4 is 10.6 Å². The molecule has 2 N–H and O–H groups in total. The Hall–Kier alpha value is -3.84. The Labute approximate surface area is 242 Å². The van der Waals surface area contributed by atoms with Crippen LogP contribution in [0.4, 0.5) is 16.3 Å². The van der Waals surface area contributed by atoms with Crippen molar-refractivity contribution >= 4 is 40.7 Å². The van der Waals surface area contributed by atoms with Crippen molar-refractivity contribution in [1.82, 2.24) is 24.6 Å². The molecule has 3 amide bonds. The number of likely N-dealkylation sites (tertiary alicyclic amines) is 1. The summed E-state index contributed by atoms with van der Waals surface area (Å²) in [6.07, 6.45) is 7.07. The number of piperidine rings is 1. The molecule has 0 spiro atoms. The van der Waals surface area contributed by atoms with Crippen molar-refractivity contribution in [2.45, 2.75) is 64.7 Å². The second-order valence-electron chi connectivity index (χ2n) is 11.2. The van der Waals surface area contributed by atoms with Crippen molar-refractivity contribution in [3.8, 4) is 10.7 Å². The number of thiazole rings is 1. The van der Waals surface area contributed by atoms with Crippen molar-refractivity contribution in [1.29, 1.82) is 0 Å². The largest absolute Gasteiger partial charge is 0.444 e. The molecular weight excluding hydrogens is 546 g/mol. The number of carbonyl (C=O) groups excluding carboxylic acids is 3. The van der Waals surface area contributed by atoms with Gasteiger partial charge in [-0.15, -0.1) is 11.3 Å². The fourth-order valence-electron chi connectivity index (χ4n) is 4.78. The van der Waals surface area contributed by atoms with Gasteiger partial charge in [-0.1, -0.05) is 0 Å². The van der Waals surface area contributed by atoms with Crippen LogP contribution in [0.5, 0.6) is 0 Å². The summed E-state index contributed by atoms with van der Waals surface area (Å²) in [6.45, 7) is 7.02. The van der Waals surface area contributed by atoms with E-state index in [0.717, 1.165) is 31.4 Å². The number of amides is 3. The summed E-state index contributed by atoms with van der Waals surface area (Å²) >= 11 is 1.36. The maximum Gasteiger partial charge on any atom is 0.410 e. The summed E-state index contributed by atoms with van der Waals surface area (Å²) in [5.41, 5.74) is 0.987. The number of hydrogen-bond donors (Lipinski definition) is 2. The minimum atomic E-state index is -0.593. The lowest BCUT2D eigenvalue weighted by atomic mass is 9.97. The number of carbonyl (C=O) groups is 3. The molecule has 41 heavy (non-hydrogen) atoms. The van der Waals surface area contributed by atoms with Gasteiger partial charge >= 0.3 is 6.09 Å². The smallest absolute Gasteiger partial charge is 0.410 e. The molecule has 5 rings (SSSR count). The van der Waals surface area contributed by atoms with Gasteiger partial charge in [-0.05, 0) is 71.1 Å². The maximum atomic E-state index is 12.9. The lowest BCUT2D eigenvalue weighted by Gasteiger charge is -2.33. The highest BCUT2D eigenvalue weighted by atomic mass is 32.1. The Kier molecular flexibility index (Phi) is 8.64. The molecule has 12 nitrogen and oxygen atoms in total. The molecule has 0 aromatic carbocycles. The minimum Gasteiger partial charge on any atom is -0.444 e. The van der Waals surface area contributed by atoms with Gasteiger partial charge in [0.1, 0.15) is 22.1 Å². The summed E-state index contributed by atoms with van der Waals surface area (Å²) in [7, 11) is 0. The van der Waals surface area contributed by atoms with E-state index in [-0.39, 0.29) is 29.7 Å². The fraction of sp³-hybridized carbons (Fsp3) is 0.500. The second-order valence-corrected chi connectivity index (χ2v) is 12.0. The fourth-order valence-corrected chi connectivity index (χ4v) is 5.59. The van der Waals surface area contributed by atoms with E-state index in [0.29, 0.717) is 42.6 Å². The monoisotopic (exact) mass is 581 g/mol. The molecule has 5 heterocycles. The molecule has 13 heteroatoms. The molecule has 218 valence electrons. The molecule has 2 saturated heterocycles. The normalized spacial score (nSPS) is 19.4. The number of aromatic nitrogens is 4. The molecule has 1 unspecified atom stereocenters. The number of nitrogens with zero attached hydrogens (tertiary/aromatic N) is 5. The average molecular weight is 582 g/mol. The maximum absolute atomic E-state index is 12.9. The zero-order valence-electron chi connectivity index (χ0n) is 23.5. The zero-order chi connectivity index (χ0) is 29.0. The molecule has 2 atom stereocenters. The van der Waals surface area contributed by atoms with Gasteiger partial charge in [0.05, 0.1) is 23.5 Å². The van der Waals surface area contributed by atoms with Crippen LogP contribution in [-0.2, 0) is 14.3 Å². The predicted molar refractivity (Wildman–Crippen MR) is 154 cm³/mol. The van der Waals surface area contributed by atoms with Gasteiger partial charge in [-0.25, -0.2) is 19.4 Å². The predicted octanol–water partition coefficient (Wildman–Crippen LogP) is 4.94. The molecule has 0 bridgehead atoms. The van der Waals surface area contributed by atoms with Gasteiger partial charge in [-0.3, -0.25) is 9.59 Å². The number of ether oxygens (including phenoxy) is 2. The molecular formula is C28H35N7O5S. The average Bonchev–Trinajstić information content (AvgIpc) is 3.64. The van der Waals surface area contributed by atoms with Gasteiger partial charge in [0.15, 0.2) is 6.23 Å². The van der Waals surface area contributed by atoms with E-state index in [1.807, 2.05) is 31.5 Å². The lowest BCUT2D eigenvalue weighted by Crippen LogP contribution is -2.45. The van der Waals surface area contributed by atoms with Gasteiger partial charge in [0, 0.05) is 31.3 Å². The SMILES string of the molecule is CC(C)(C)OC(=O)N1CCC[C@H](C(=O)Nc2ccc(NC(=O)c3csc(-c4ccnn4C4CCCCO4)n3)nc2)C1. The van der Waals surface area contributed by atoms with Gasteiger partial charge in [0.25, 0.3) is 5.91 Å². The van der Waals surface area contributed by atoms with E-state index in [1.165, 1.54) is 17.5 Å². The molecule has 3 aromatic heterocycles. The first kappa shape index (κ1) is 28.7. The number of pyridine rings is 1. The molecule has 2 aliphatic rings. The van der Waals surface area contributed by atoms with Crippen LogP contribution in [0.1, 0.15) is 69.6 Å². The zero-order valence-corrected chi connectivity index (χ0v) is 24.3. The first-order chi connectivity index (χ1) is 19.7. The summed E-state index contributed by atoms with van der Waals surface area (Å²) in [5, 5.41) is 12.4. The molecule has 0 aliphatic carbocycles. The van der Waals surface area contributed by atoms with Crippen LogP contribution in [0.3, 0.4) is 0 Å². The first-order valence-corrected chi connectivity index (χ1v) is 14.7. The Morgan fingerprint density at radius 3 is 2.68 bits per heavy atom. The van der Waals surface area contributed by atoms with Crippen LogP contribution in [0, 0.1) is 5.92 Å². The standard InChI is InChI=1S/C28H35N7O5S/c1-28(2,3)40-27(38)34-13-6-7-18(16-34)24(36)31-19-9-10-22(29-15-19)33-25(37)20-17-41-26(32-20)21-11-12-30-35(21)23-8-4-5-14-39-23/h9-12,15,17-18,23H,4-8,13-14,16H2,1-3H3,(H,31,36)(H,29,33,37)/t18-,23?/m0/s1. The van der Waals surface area contributed by atoms with Gasteiger partial charge in [-0.2, -0.15) is 5.10 Å². The molecule has 2 fully saturated rings. The summed E-state index contributed by atoms with van der Waals surface area (Å²) in [4.78, 5) is 48.5. The van der Waals surface area contributed by atoms with Gasteiger partial charge < -0.3 is 25.0 Å². The molecule has 0 saturated carbocycles. The summed E-state index contributed by atoms with van der Waals surface area (Å²) < 4.78 is 13.1.